The minimum atomic E-state index is -3.06. The summed E-state index contributed by atoms with van der Waals surface area (Å²) in [5, 5.41) is 9.40. The molecule has 2 heterocycles. The summed E-state index contributed by atoms with van der Waals surface area (Å²) in [6, 6.07) is 5.34. The van der Waals surface area contributed by atoms with Crippen LogP contribution in [0.3, 0.4) is 0 Å². The third-order valence-corrected chi connectivity index (χ3v) is 5.13. The van der Waals surface area contributed by atoms with Gasteiger partial charge < -0.3 is 5.11 Å². The summed E-state index contributed by atoms with van der Waals surface area (Å²) in [5.41, 5.74) is -0.293. The molecule has 1 aliphatic rings. The summed E-state index contributed by atoms with van der Waals surface area (Å²) in [6.45, 7) is 0. The molecule has 1 aromatic rings. The van der Waals surface area contributed by atoms with E-state index in [0.717, 1.165) is 0 Å². The van der Waals surface area contributed by atoms with E-state index < -0.39 is 21.2 Å². The van der Waals surface area contributed by atoms with Crippen molar-refractivity contribution in [1.29, 1.82) is 0 Å². The Morgan fingerprint density at radius 3 is 2.42 bits per heavy atom. The SMILES string of the molecule is Cl.O=C(O)C1(Cc2ccccn2)CCS(=O)(=O)CC1. The number of nitrogens with zero attached hydrogens (tertiary/aromatic N) is 1. The highest BCUT2D eigenvalue weighted by molar-refractivity contribution is 7.91. The topological polar surface area (TPSA) is 84.3 Å². The molecule has 7 heteroatoms. The Labute approximate surface area is 118 Å². The van der Waals surface area contributed by atoms with E-state index in [4.69, 9.17) is 0 Å². The minimum absolute atomic E-state index is 0. The fraction of sp³-hybridized carbons (Fsp3) is 0.500. The fourth-order valence-electron chi connectivity index (χ4n) is 2.24. The number of pyridine rings is 1. The smallest absolute Gasteiger partial charge is 0.310 e. The van der Waals surface area contributed by atoms with E-state index in [0.29, 0.717) is 12.1 Å². The van der Waals surface area contributed by atoms with E-state index in [-0.39, 0.29) is 36.8 Å². The largest absolute Gasteiger partial charge is 0.481 e. The number of sulfone groups is 1. The molecule has 5 nitrogen and oxygen atoms in total. The van der Waals surface area contributed by atoms with Crippen LogP contribution < -0.4 is 0 Å². The Morgan fingerprint density at radius 1 is 1.32 bits per heavy atom. The first-order valence-corrected chi connectivity index (χ1v) is 7.59. The highest BCUT2D eigenvalue weighted by atomic mass is 35.5. The molecule has 0 unspecified atom stereocenters. The molecule has 1 aliphatic heterocycles. The second kappa shape index (κ2) is 5.88. The Balaban J connectivity index is 0.00000180. The number of aromatic nitrogens is 1. The lowest BCUT2D eigenvalue weighted by atomic mass is 9.78. The van der Waals surface area contributed by atoms with Crippen molar-refractivity contribution < 1.29 is 18.3 Å². The van der Waals surface area contributed by atoms with Gasteiger partial charge in [0.15, 0.2) is 0 Å². The molecule has 1 aromatic heterocycles. The van der Waals surface area contributed by atoms with Crippen molar-refractivity contribution in [2.75, 3.05) is 11.5 Å². The highest BCUT2D eigenvalue weighted by Crippen LogP contribution is 2.36. The summed E-state index contributed by atoms with van der Waals surface area (Å²) in [6.07, 6.45) is 2.24. The van der Waals surface area contributed by atoms with Crippen LogP contribution in [0.1, 0.15) is 18.5 Å². The van der Waals surface area contributed by atoms with Crippen molar-refractivity contribution >= 4 is 28.2 Å². The molecule has 0 amide bonds. The molecule has 1 N–H and O–H groups in total. The molecule has 0 aromatic carbocycles. The van der Waals surface area contributed by atoms with Crippen LogP contribution in [0, 0.1) is 5.41 Å². The lowest BCUT2D eigenvalue weighted by Crippen LogP contribution is -2.41. The van der Waals surface area contributed by atoms with E-state index in [1.165, 1.54) is 0 Å². The van der Waals surface area contributed by atoms with Gasteiger partial charge in [0.25, 0.3) is 0 Å². The number of carboxylic acid groups (broad SMARTS) is 1. The van der Waals surface area contributed by atoms with Gasteiger partial charge in [-0.2, -0.15) is 0 Å². The van der Waals surface area contributed by atoms with Crippen molar-refractivity contribution in [2.45, 2.75) is 19.3 Å². The Kier molecular flexibility index (Phi) is 4.92. The van der Waals surface area contributed by atoms with Crippen molar-refractivity contribution in [2.24, 2.45) is 5.41 Å². The molecule has 1 fully saturated rings. The first kappa shape index (κ1) is 15.9. The number of carbonyl (C=O) groups is 1. The average molecular weight is 306 g/mol. The summed E-state index contributed by atoms with van der Waals surface area (Å²) < 4.78 is 22.8. The number of aliphatic carboxylic acids is 1. The van der Waals surface area contributed by atoms with Gasteiger partial charge >= 0.3 is 5.97 Å². The first-order valence-electron chi connectivity index (χ1n) is 5.77. The monoisotopic (exact) mass is 305 g/mol. The Hall–Kier alpha value is -1.14. The molecular weight excluding hydrogens is 290 g/mol. The fourth-order valence-corrected chi connectivity index (χ4v) is 3.85. The Bertz CT molecular complexity index is 530. The highest BCUT2D eigenvalue weighted by Gasteiger charge is 2.43. The number of hydrogen-bond donors (Lipinski definition) is 1. The molecule has 0 radical (unpaired) electrons. The Morgan fingerprint density at radius 2 is 1.95 bits per heavy atom. The van der Waals surface area contributed by atoms with Crippen LogP contribution in [-0.4, -0.2) is 36.0 Å². The van der Waals surface area contributed by atoms with Gasteiger partial charge in [-0.15, -0.1) is 12.4 Å². The zero-order valence-electron chi connectivity index (χ0n) is 10.3. The summed E-state index contributed by atoms with van der Waals surface area (Å²) in [7, 11) is -3.06. The van der Waals surface area contributed by atoms with Crippen molar-refractivity contribution in [3.05, 3.63) is 30.1 Å². The van der Waals surface area contributed by atoms with Crippen LogP contribution >= 0.6 is 12.4 Å². The van der Waals surface area contributed by atoms with Crippen LogP contribution in [-0.2, 0) is 21.1 Å². The molecule has 0 bridgehead atoms. The summed E-state index contributed by atoms with van der Waals surface area (Å²) in [4.78, 5) is 15.6. The van der Waals surface area contributed by atoms with Crippen LogP contribution in [0.25, 0.3) is 0 Å². The molecule has 0 atom stereocenters. The number of rotatable bonds is 3. The van der Waals surface area contributed by atoms with Gasteiger partial charge in [0, 0.05) is 18.3 Å². The van der Waals surface area contributed by atoms with E-state index in [1.807, 2.05) is 0 Å². The van der Waals surface area contributed by atoms with Crippen molar-refractivity contribution in [1.82, 2.24) is 4.98 Å². The van der Waals surface area contributed by atoms with Gasteiger partial charge in [-0.1, -0.05) is 6.07 Å². The molecule has 1 saturated heterocycles. The number of hydrogen-bond acceptors (Lipinski definition) is 4. The molecule has 0 aliphatic carbocycles. The maximum absolute atomic E-state index is 11.5. The second-order valence-electron chi connectivity index (χ2n) is 4.74. The van der Waals surface area contributed by atoms with Gasteiger partial charge in [0.1, 0.15) is 9.84 Å². The summed E-state index contributed by atoms with van der Waals surface area (Å²) in [5.74, 6) is -1.03. The lowest BCUT2D eigenvalue weighted by molar-refractivity contribution is -0.149. The van der Waals surface area contributed by atoms with Crippen LogP contribution in [0.15, 0.2) is 24.4 Å². The third-order valence-electron chi connectivity index (χ3n) is 3.48. The summed E-state index contributed by atoms with van der Waals surface area (Å²) >= 11 is 0. The minimum Gasteiger partial charge on any atom is -0.481 e. The van der Waals surface area contributed by atoms with Gasteiger partial charge in [0.05, 0.1) is 16.9 Å². The van der Waals surface area contributed by atoms with E-state index in [1.54, 1.807) is 24.4 Å². The van der Waals surface area contributed by atoms with Gasteiger partial charge in [0.2, 0.25) is 0 Å². The standard InChI is InChI=1S/C12H15NO4S.ClH/c14-11(15)12(4-7-18(16,17)8-5-12)9-10-3-1-2-6-13-10;/h1-3,6H,4-5,7-9H2,(H,14,15);1H. The maximum atomic E-state index is 11.5. The predicted octanol–water partition coefficient (Wildman–Crippen LogP) is 1.33. The van der Waals surface area contributed by atoms with Crippen LogP contribution in [0.2, 0.25) is 0 Å². The number of carboxylic acids is 1. The van der Waals surface area contributed by atoms with Crippen molar-refractivity contribution in [3.63, 3.8) is 0 Å². The zero-order chi connectivity index (χ0) is 13.2. The molecule has 19 heavy (non-hydrogen) atoms. The van der Waals surface area contributed by atoms with E-state index in [2.05, 4.69) is 4.98 Å². The van der Waals surface area contributed by atoms with Crippen LogP contribution in [0.4, 0.5) is 0 Å². The molecule has 0 spiro atoms. The quantitative estimate of drug-likeness (QED) is 0.910. The van der Waals surface area contributed by atoms with Crippen LogP contribution in [0.5, 0.6) is 0 Å². The third kappa shape index (κ3) is 3.67. The van der Waals surface area contributed by atoms with E-state index >= 15 is 0 Å². The van der Waals surface area contributed by atoms with Gasteiger partial charge in [-0.3, -0.25) is 9.78 Å². The van der Waals surface area contributed by atoms with E-state index in [9.17, 15) is 18.3 Å². The molecule has 106 valence electrons. The van der Waals surface area contributed by atoms with Gasteiger partial charge in [-0.25, -0.2) is 8.42 Å². The van der Waals surface area contributed by atoms with Crippen molar-refractivity contribution in [3.8, 4) is 0 Å². The molecular formula is C12H16ClNO4S. The molecule has 0 saturated carbocycles. The maximum Gasteiger partial charge on any atom is 0.310 e. The molecule has 2 rings (SSSR count). The predicted molar refractivity (Wildman–Crippen MR) is 73.1 cm³/mol. The zero-order valence-corrected chi connectivity index (χ0v) is 11.9. The van der Waals surface area contributed by atoms with Gasteiger partial charge in [-0.05, 0) is 25.0 Å². The normalized spacial score (nSPS) is 20.2. The second-order valence-corrected chi connectivity index (χ2v) is 7.04. The lowest BCUT2D eigenvalue weighted by Gasteiger charge is -2.32. The average Bonchev–Trinajstić information content (AvgIpc) is 2.33. The first-order chi connectivity index (χ1) is 8.44. The number of halogens is 1.